The molecule has 1 rings (SSSR count). The van der Waals surface area contributed by atoms with Crippen molar-refractivity contribution in [1.82, 2.24) is 0 Å². The van der Waals surface area contributed by atoms with Crippen LogP contribution in [-0.4, -0.2) is 9.96 Å². The Hall–Kier alpha value is -0.830. The van der Waals surface area contributed by atoms with Crippen LogP contribution >= 0.6 is 0 Å². The predicted molar refractivity (Wildman–Crippen MR) is 70.9 cm³/mol. The number of nitrogen functional groups attached to an aromatic ring is 1. The number of aryl methyl sites for hydroxylation is 1. The highest BCUT2D eigenvalue weighted by molar-refractivity contribution is 7.85. The maximum Gasteiger partial charge on any atom is 0.0620 e. The molecule has 0 fully saturated rings. The van der Waals surface area contributed by atoms with Crippen LogP contribution < -0.4 is 5.73 Å². The number of nitrogens with two attached hydrogens (primary N) is 1. The third-order valence-electron chi connectivity index (χ3n) is 2.63. The molecule has 0 aliphatic carbocycles. The van der Waals surface area contributed by atoms with E-state index in [1.165, 1.54) is 0 Å². The molecule has 1 aromatic rings. The maximum absolute atomic E-state index is 12.1. The molecule has 2 atom stereocenters. The van der Waals surface area contributed by atoms with Crippen molar-refractivity contribution in [2.75, 3.05) is 11.5 Å². The normalized spacial score (nSPS) is 14.7. The lowest BCUT2D eigenvalue weighted by Crippen LogP contribution is -2.09. The van der Waals surface area contributed by atoms with Crippen molar-refractivity contribution in [3.63, 3.8) is 0 Å². The Kier molecular flexibility index (Phi) is 5.00. The van der Waals surface area contributed by atoms with E-state index in [0.717, 1.165) is 23.3 Å². The Morgan fingerprint density at radius 3 is 2.75 bits per heavy atom. The molecule has 2 nitrogen and oxygen atoms in total. The smallest absolute Gasteiger partial charge is 0.0620 e. The minimum absolute atomic E-state index is 0.491. The van der Waals surface area contributed by atoms with Crippen LogP contribution in [-0.2, 0) is 10.8 Å². The fourth-order valence-electron chi connectivity index (χ4n) is 1.76. The van der Waals surface area contributed by atoms with Gasteiger partial charge in [-0.05, 0) is 30.5 Å². The lowest BCUT2D eigenvalue weighted by molar-refractivity contribution is 0.574. The van der Waals surface area contributed by atoms with Gasteiger partial charge >= 0.3 is 0 Å². The summed E-state index contributed by atoms with van der Waals surface area (Å²) in [5.74, 6) is 1.20. The summed E-state index contributed by atoms with van der Waals surface area (Å²) in [4.78, 5) is 0.794. The van der Waals surface area contributed by atoms with E-state index in [2.05, 4.69) is 13.8 Å². The molecular formula is C13H21NOS. The van der Waals surface area contributed by atoms with Gasteiger partial charge in [-0.2, -0.15) is 0 Å². The molecule has 0 radical (unpaired) electrons. The molecule has 0 aliphatic rings. The number of anilines is 1. The van der Waals surface area contributed by atoms with Crippen LogP contribution in [0.1, 0.15) is 32.3 Å². The van der Waals surface area contributed by atoms with Crippen LogP contribution in [0.3, 0.4) is 0 Å². The number of hydrogen-bond acceptors (Lipinski definition) is 2. The Bertz CT molecular complexity index is 376. The molecule has 16 heavy (non-hydrogen) atoms. The van der Waals surface area contributed by atoms with Gasteiger partial charge in [-0.15, -0.1) is 0 Å². The third-order valence-corrected chi connectivity index (χ3v) is 4.35. The van der Waals surface area contributed by atoms with Gasteiger partial charge in [-0.3, -0.25) is 4.21 Å². The van der Waals surface area contributed by atoms with Gasteiger partial charge < -0.3 is 5.73 Å². The topological polar surface area (TPSA) is 43.1 Å². The van der Waals surface area contributed by atoms with Gasteiger partial charge in [0.1, 0.15) is 0 Å². The predicted octanol–water partition coefficient (Wildman–Crippen LogP) is 3.12. The van der Waals surface area contributed by atoms with Gasteiger partial charge in [-0.25, -0.2) is 0 Å². The first-order valence-electron chi connectivity index (χ1n) is 5.79. The molecule has 1 aromatic carbocycles. The highest BCUT2D eigenvalue weighted by Crippen LogP contribution is 2.20. The molecule has 2 N–H and O–H groups in total. The van der Waals surface area contributed by atoms with E-state index >= 15 is 0 Å². The fourth-order valence-corrected chi connectivity index (χ4v) is 3.27. The van der Waals surface area contributed by atoms with Crippen molar-refractivity contribution in [2.24, 2.45) is 5.92 Å². The Morgan fingerprint density at radius 1 is 1.44 bits per heavy atom. The summed E-state index contributed by atoms with van der Waals surface area (Å²) in [5, 5.41) is 0. The van der Waals surface area contributed by atoms with Crippen molar-refractivity contribution < 1.29 is 4.21 Å². The standard InChI is InChI=1S/C13H21NOS/c1-4-5-11(3)9-16(15)13-8-10(2)6-7-12(13)14/h6-8,11H,4-5,9,14H2,1-3H3. The van der Waals surface area contributed by atoms with E-state index < -0.39 is 10.8 Å². The zero-order chi connectivity index (χ0) is 12.1. The van der Waals surface area contributed by atoms with E-state index in [1.807, 2.05) is 25.1 Å². The second-order valence-electron chi connectivity index (χ2n) is 4.45. The van der Waals surface area contributed by atoms with Crippen molar-refractivity contribution in [2.45, 2.75) is 38.5 Å². The van der Waals surface area contributed by atoms with Crippen molar-refractivity contribution >= 4 is 16.5 Å². The molecule has 0 aliphatic heterocycles. The van der Waals surface area contributed by atoms with Gasteiger partial charge in [0.25, 0.3) is 0 Å². The monoisotopic (exact) mass is 239 g/mol. The van der Waals surface area contributed by atoms with Crippen LogP contribution in [0.2, 0.25) is 0 Å². The Morgan fingerprint density at radius 2 is 2.12 bits per heavy atom. The molecule has 0 saturated carbocycles. The Balaban J connectivity index is 2.76. The van der Waals surface area contributed by atoms with Gasteiger partial charge in [0, 0.05) is 11.4 Å². The highest BCUT2D eigenvalue weighted by atomic mass is 32.2. The van der Waals surface area contributed by atoms with Crippen LogP contribution in [0, 0.1) is 12.8 Å². The average Bonchev–Trinajstić information content (AvgIpc) is 2.21. The molecular weight excluding hydrogens is 218 g/mol. The van der Waals surface area contributed by atoms with Crippen molar-refractivity contribution in [3.05, 3.63) is 23.8 Å². The summed E-state index contributed by atoms with van der Waals surface area (Å²) in [5.41, 5.74) is 7.60. The SMILES string of the molecule is CCCC(C)CS(=O)c1cc(C)ccc1N. The maximum atomic E-state index is 12.1. The van der Waals surface area contributed by atoms with Gasteiger partial charge in [0.05, 0.1) is 15.7 Å². The summed E-state index contributed by atoms with van der Waals surface area (Å²) < 4.78 is 12.1. The molecule has 3 heteroatoms. The number of rotatable bonds is 5. The molecule has 90 valence electrons. The fraction of sp³-hybridized carbons (Fsp3) is 0.538. The quantitative estimate of drug-likeness (QED) is 0.802. The van der Waals surface area contributed by atoms with Crippen LogP contribution in [0.15, 0.2) is 23.1 Å². The number of benzene rings is 1. The second-order valence-corrected chi connectivity index (χ2v) is 5.91. The summed E-state index contributed by atoms with van der Waals surface area (Å²) in [7, 11) is -0.962. The summed E-state index contributed by atoms with van der Waals surface area (Å²) in [6, 6.07) is 5.72. The lowest BCUT2D eigenvalue weighted by atomic mass is 10.1. The molecule has 0 amide bonds. The van der Waals surface area contributed by atoms with Crippen molar-refractivity contribution in [3.8, 4) is 0 Å². The molecule has 0 aromatic heterocycles. The molecule has 2 unspecified atom stereocenters. The summed E-state index contributed by atoms with van der Waals surface area (Å²) >= 11 is 0. The molecule has 0 spiro atoms. The third kappa shape index (κ3) is 3.63. The van der Waals surface area contributed by atoms with E-state index in [4.69, 9.17) is 5.73 Å². The van der Waals surface area contributed by atoms with Crippen LogP contribution in [0.5, 0.6) is 0 Å². The zero-order valence-electron chi connectivity index (χ0n) is 10.3. The minimum atomic E-state index is -0.962. The zero-order valence-corrected chi connectivity index (χ0v) is 11.1. The summed E-state index contributed by atoms with van der Waals surface area (Å²) in [6.07, 6.45) is 2.26. The molecule has 0 bridgehead atoms. The first-order chi connectivity index (χ1) is 7.54. The van der Waals surface area contributed by atoms with Crippen LogP contribution in [0.25, 0.3) is 0 Å². The first-order valence-corrected chi connectivity index (χ1v) is 7.11. The van der Waals surface area contributed by atoms with Crippen molar-refractivity contribution in [1.29, 1.82) is 0 Å². The largest absolute Gasteiger partial charge is 0.398 e. The molecule has 0 heterocycles. The molecule has 0 saturated heterocycles. The average molecular weight is 239 g/mol. The lowest BCUT2D eigenvalue weighted by Gasteiger charge is -2.11. The van der Waals surface area contributed by atoms with Crippen LogP contribution in [0.4, 0.5) is 5.69 Å². The van der Waals surface area contributed by atoms with Gasteiger partial charge in [0.15, 0.2) is 0 Å². The summed E-state index contributed by atoms with van der Waals surface area (Å²) in [6.45, 7) is 6.30. The van der Waals surface area contributed by atoms with E-state index in [0.29, 0.717) is 17.4 Å². The first kappa shape index (κ1) is 13.2. The van der Waals surface area contributed by atoms with E-state index in [-0.39, 0.29) is 0 Å². The van der Waals surface area contributed by atoms with Gasteiger partial charge in [0.2, 0.25) is 0 Å². The van der Waals surface area contributed by atoms with E-state index in [1.54, 1.807) is 0 Å². The minimum Gasteiger partial charge on any atom is -0.398 e. The number of hydrogen-bond donors (Lipinski definition) is 1. The van der Waals surface area contributed by atoms with Gasteiger partial charge in [-0.1, -0.05) is 32.8 Å². The van der Waals surface area contributed by atoms with E-state index in [9.17, 15) is 4.21 Å². The Labute approximate surface area is 101 Å². The second kappa shape index (κ2) is 6.04. The highest BCUT2D eigenvalue weighted by Gasteiger charge is 2.12.